The third kappa shape index (κ3) is 0.625. The number of aliphatic hydroxyl groups excluding tert-OH is 1. The highest BCUT2D eigenvalue weighted by molar-refractivity contribution is 4.93. The van der Waals surface area contributed by atoms with Gasteiger partial charge in [-0.15, -0.1) is 0 Å². The lowest BCUT2D eigenvalue weighted by Gasteiger charge is -2.59. The fraction of sp³-hybridized carbons (Fsp3) is 1.00. The zero-order valence-corrected chi connectivity index (χ0v) is 5.62. The zero-order chi connectivity index (χ0) is 6.43. The average molecular weight is 128 g/mol. The van der Waals surface area contributed by atoms with Crippen LogP contribution in [-0.2, 0) is 0 Å². The van der Waals surface area contributed by atoms with Crippen molar-refractivity contribution in [2.75, 3.05) is 19.6 Å². The third-order valence-corrected chi connectivity index (χ3v) is 2.29. The predicted molar refractivity (Wildman–Crippen MR) is 33.7 cm³/mol. The van der Waals surface area contributed by atoms with Gasteiger partial charge in [0.05, 0.1) is 12.1 Å². The molecule has 3 nitrogen and oxygen atoms in total. The Kier molecular flexibility index (Phi) is 1.06. The Bertz CT molecular complexity index is 126. The van der Waals surface area contributed by atoms with E-state index in [1.165, 1.54) is 6.54 Å². The van der Waals surface area contributed by atoms with Crippen LogP contribution in [0.4, 0.5) is 0 Å². The van der Waals surface area contributed by atoms with Gasteiger partial charge in [0.2, 0.25) is 0 Å². The van der Waals surface area contributed by atoms with Crippen LogP contribution in [0.15, 0.2) is 0 Å². The Morgan fingerprint density at radius 3 is 2.44 bits per heavy atom. The quantitative estimate of drug-likeness (QED) is 0.505. The number of piperazine rings is 1. The van der Waals surface area contributed by atoms with E-state index in [1.807, 2.05) is 6.92 Å². The molecule has 0 aromatic rings. The topological polar surface area (TPSA) is 26.7 Å². The van der Waals surface area contributed by atoms with Crippen LogP contribution in [0.3, 0.4) is 0 Å². The molecule has 0 amide bonds. The van der Waals surface area contributed by atoms with Crippen molar-refractivity contribution in [1.82, 2.24) is 10.0 Å². The Labute approximate surface area is 54.8 Å². The SMILES string of the molecule is CC(O)C1CN2CCN12. The molecule has 0 bridgehead atoms. The van der Waals surface area contributed by atoms with E-state index < -0.39 is 0 Å². The van der Waals surface area contributed by atoms with Gasteiger partial charge in [-0.2, -0.15) is 0 Å². The van der Waals surface area contributed by atoms with E-state index in [0.717, 1.165) is 13.1 Å². The highest BCUT2D eigenvalue weighted by atomic mass is 16.3. The van der Waals surface area contributed by atoms with Crippen molar-refractivity contribution in [2.45, 2.75) is 19.1 Å². The highest BCUT2D eigenvalue weighted by Crippen LogP contribution is 2.26. The molecule has 2 heterocycles. The number of hydrogen-bond acceptors (Lipinski definition) is 3. The summed E-state index contributed by atoms with van der Waals surface area (Å²) in [5.74, 6) is 0. The molecule has 52 valence electrons. The molecule has 3 heteroatoms. The van der Waals surface area contributed by atoms with Gasteiger partial charge in [0.1, 0.15) is 0 Å². The van der Waals surface area contributed by atoms with Crippen LogP contribution >= 0.6 is 0 Å². The van der Waals surface area contributed by atoms with E-state index in [9.17, 15) is 0 Å². The predicted octanol–water partition coefficient (Wildman–Crippen LogP) is -0.718. The standard InChI is InChI=1S/C6H12N2O/c1-5(9)6-4-7-2-3-8(6)7/h5-6,9H,2-4H2,1H3. The number of hydrazine groups is 1. The molecule has 1 N–H and O–H groups in total. The summed E-state index contributed by atoms with van der Waals surface area (Å²) in [5.41, 5.74) is 0. The van der Waals surface area contributed by atoms with Crippen LogP contribution in [-0.4, -0.2) is 46.9 Å². The van der Waals surface area contributed by atoms with Gasteiger partial charge in [-0.25, -0.2) is 10.0 Å². The lowest BCUT2D eigenvalue weighted by molar-refractivity contribution is -0.254. The Morgan fingerprint density at radius 1 is 1.56 bits per heavy atom. The largest absolute Gasteiger partial charge is 0.392 e. The van der Waals surface area contributed by atoms with Crippen LogP contribution in [0.25, 0.3) is 0 Å². The maximum absolute atomic E-state index is 9.13. The van der Waals surface area contributed by atoms with Gasteiger partial charge in [-0.1, -0.05) is 0 Å². The molecule has 0 aliphatic carbocycles. The van der Waals surface area contributed by atoms with Crippen LogP contribution < -0.4 is 0 Å². The molecular formula is C6H12N2O. The molecule has 0 aromatic heterocycles. The first-order valence-corrected chi connectivity index (χ1v) is 3.48. The van der Waals surface area contributed by atoms with Gasteiger partial charge in [0.25, 0.3) is 0 Å². The van der Waals surface area contributed by atoms with Crippen LogP contribution in [0.2, 0.25) is 0 Å². The molecule has 0 saturated carbocycles. The number of aliphatic hydroxyl groups is 1. The Balaban J connectivity index is 1.90. The zero-order valence-electron chi connectivity index (χ0n) is 5.62. The molecule has 2 aliphatic heterocycles. The number of rotatable bonds is 1. The van der Waals surface area contributed by atoms with E-state index in [0.29, 0.717) is 6.04 Å². The molecule has 9 heavy (non-hydrogen) atoms. The van der Waals surface area contributed by atoms with Crippen molar-refractivity contribution in [2.24, 2.45) is 0 Å². The van der Waals surface area contributed by atoms with Crippen molar-refractivity contribution in [1.29, 1.82) is 0 Å². The molecule has 0 spiro atoms. The smallest absolute Gasteiger partial charge is 0.0694 e. The summed E-state index contributed by atoms with van der Waals surface area (Å²) in [4.78, 5) is 0. The minimum absolute atomic E-state index is 0.151. The second-order valence-corrected chi connectivity index (χ2v) is 2.88. The second kappa shape index (κ2) is 1.68. The normalized spacial score (nSPS) is 38.7. The second-order valence-electron chi connectivity index (χ2n) is 2.88. The summed E-state index contributed by atoms with van der Waals surface area (Å²) in [7, 11) is 0. The van der Waals surface area contributed by atoms with Gasteiger partial charge in [-0.05, 0) is 6.92 Å². The summed E-state index contributed by atoms with van der Waals surface area (Å²) in [6.07, 6.45) is -0.151. The summed E-state index contributed by atoms with van der Waals surface area (Å²) in [6, 6.07) is 0.429. The molecule has 2 fully saturated rings. The van der Waals surface area contributed by atoms with E-state index in [4.69, 9.17) is 5.11 Å². The minimum Gasteiger partial charge on any atom is -0.392 e. The number of fused-ring (bicyclic) bond motifs is 1. The van der Waals surface area contributed by atoms with Crippen LogP contribution in [0, 0.1) is 0 Å². The molecule has 0 radical (unpaired) electrons. The first kappa shape index (κ1) is 5.65. The van der Waals surface area contributed by atoms with Gasteiger partial charge >= 0.3 is 0 Å². The summed E-state index contributed by atoms with van der Waals surface area (Å²) in [5, 5.41) is 13.6. The maximum Gasteiger partial charge on any atom is 0.0694 e. The molecule has 2 unspecified atom stereocenters. The number of nitrogens with zero attached hydrogens (tertiary/aromatic N) is 2. The van der Waals surface area contributed by atoms with Crippen molar-refractivity contribution in [3.8, 4) is 0 Å². The molecule has 2 rings (SSSR count). The van der Waals surface area contributed by atoms with E-state index in [-0.39, 0.29) is 6.10 Å². The van der Waals surface area contributed by atoms with Crippen molar-refractivity contribution in [3.63, 3.8) is 0 Å². The third-order valence-electron chi connectivity index (χ3n) is 2.29. The van der Waals surface area contributed by atoms with Crippen molar-refractivity contribution in [3.05, 3.63) is 0 Å². The summed E-state index contributed by atoms with van der Waals surface area (Å²) < 4.78 is 0. The van der Waals surface area contributed by atoms with E-state index in [1.54, 1.807) is 0 Å². The minimum atomic E-state index is -0.151. The monoisotopic (exact) mass is 128 g/mol. The van der Waals surface area contributed by atoms with Crippen molar-refractivity contribution < 1.29 is 5.11 Å². The molecule has 2 saturated heterocycles. The van der Waals surface area contributed by atoms with E-state index >= 15 is 0 Å². The average Bonchev–Trinajstić information content (AvgIpc) is 1.76. The summed E-state index contributed by atoms with van der Waals surface area (Å²) >= 11 is 0. The highest BCUT2D eigenvalue weighted by Gasteiger charge is 2.44. The molecule has 2 aliphatic rings. The van der Waals surface area contributed by atoms with Gasteiger partial charge < -0.3 is 5.11 Å². The molecular weight excluding hydrogens is 116 g/mol. The molecule has 0 aromatic carbocycles. The Morgan fingerprint density at radius 2 is 2.33 bits per heavy atom. The van der Waals surface area contributed by atoms with E-state index in [2.05, 4.69) is 10.0 Å². The van der Waals surface area contributed by atoms with Crippen LogP contribution in [0.1, 0.15) is 6.92 Å². The summed E-state index contributed by atoms with van der Waals surface area (Å²) in [6.45, 7) is 5.27. The van der Waals surface area contributed by atoms with Crippen LogP contribution in [0.5, 0.6) is 0 Å². The fourth-order valence-electron chi connectivity index (χ4n) is 1.54. The van der Waals surface area contributed by atoms with Crippen molar-refractivity contribution >= 4 is 0 Å². The lowest BCUT2D eigenvalue weighted by Crippen LogP contribution is -2.76. The maximum atomic E-state index is 9.13. The lowest BCUT2D eigenvalue weighted by atomic mass is 10.0. The van der Waals surface area contributed by atoms with Gasteiger partial charge in [-0.3, -0.25) is 0 Å². The fourth-order valence-corrected chi connectivity index (χ4v) is 1.54. The first-order valence-electron chi connectivity index (χ1n) is 3.48. The van der Waals surface area contributed by atoms with Gasteiger partial charge in [0, 0.05) is 19.6 Å². The molecule has 2 atom stereocenters. The Hall–Kier alpha value is -0.120. The first-order chi connectivity index (χ1) is 4.29. The number of hydrogen-bond donors (Lipinski definition) is 1. The van der Waals surface area contributed by atoms with Gasteiger partial charge in [0.15, 0.2) is 0 Å².